The molecule has 0 saturated carbocycles. The summed E-state index contributed by atoms with van der Waals surface area (Å²) < 4.78 is 6.08. The minimum absolute atomic E-state index is 0.0374. The lowest BCUT2D eigenvalue weighted by Crippen LogP contribution is -2.08. The highest BCUT2D eigenvalue weighted by atomic mass is 16.5. The molecule has 0 spiro atoms. The number of aromatic nitrogens is 3. The van der Waals surface area contributed by atoms with Gasteiger partial charge in [-0.1, -0.05) is 19.1 Å². The van der Waals surface area contributed by atoms with Crippen LogP contribution < -0.4 is 5.73 Å². The maximum absolute atomic E-state index is 11.3. The number of hydrogen-bond acceptors (Lipinski definition) is 5. The van der Waals surface area contributed by atoms with Crippen molar-refractivity contribution in [3.63, 3.8) is 0 Å². The first-order valence-electron chi connectivity index (χ1n) is 6.01. The summed E-state index contributed by atoms with van der Waals surface area (Å²) in [5.41, 5.74) is 7.83. The van der Waals surface area contributed by atoms with Crippen molar-refractivity contribution in [2.24, 2.45) is 5.73 Å². The van der Waals surface area contributed by atoms with E-state index in [0.717, 1.165) is 17.7 Å². The van der Waals surface area contributed by atoms with Crippen LogP contribution in [0.4, 0.5) is 0 Å². The van der Waals surface area contributed by atoms with Gasteiger partial charge in [0.05, 0.1) is 12.8 Å². The molecule has 19 heavy (non-hydrogen) atoms. The SMILES string of the molecule is CC[C@H](N)c1ccc(-n2cnc(C(=O)OC)n2)cc1. The van der Waals surface area contributed by atoms with Gasteiger partial charge in [-0.05, 0) is 24.1 Å². The Morgan fingerprint density at radius 3 is 2.68 bits per heavy atom. The van der Waals surface area contributed by atoms with E-state index >= 15 is 0 Å². The lowest BCUT2D eigenvalue weighted by atomic mass is 10.1. The Bertz CT molecular complexity index is 562. The molecule has 0 saturated heterocycles. The number of ether oxygens (including phenoxy) is 1. The first-order chi connectivity index (χ1) is 9.15. The summed E-state index contributed by atoms with van der Waals surface area (Å²) in [7, 11) is 1.30. The van der Waals surface area contributed by atoms with E-state index in [0.29, 0.717) is 0 Å². The average Bonchev–Trinajstić information content (AvgIpc) is 2.95. The summed E-state index contributed by atoms with van der Waals surface area (Å²) in [6.07, 6.45) is 2.36. The van der Waals surface area contributed by atoms with E-state index in [1.165, 1.54) is 18.1 Å². The average molecular weight is 260 g/mol. The number of rotatable bonds is 4. The van der Waals surface area contributed by atoms with Crippen molar-refractivity contribution in [2.75, 3.05) is 7.11 Å². The van der Waals surface area contributed by atoms with Crippen LogP contribution in [0.1, 0.15) is 35.6 Å². The number of nitrogens with zero attached hydrogens (tertiary/aromatic N) is 3. The molecule has 1 aromatic carbocycles. The lowest BCUT2D eigenvalue weighted by Gasteiger charge is -2.09. The van der Waals surface area contributed by atoms with E-state index in [4.69, 9.17) is 5.73 Å². The predicted octanol–water partition coefficient (Wildman–Crippen LogP) is 1.46. The van der Waals surface area contributed by atoms with Gasteiger partial charge in [-0.15, -0.1) is 5.10 Å². The molecule has 0 fully saturated rings. The largest absolute Gasteiger partial charge is 0.463 e. The number of esters is 1. The van der Waals surface area contributed by atoms with Gasteiger partial charge in [0.15, 0.2) is 0 Å². The fourth-order valence-electron chi connectivity index (χ4n) is 1.68. The highest BCUT2D eigenvalue weighted by Crippen LogP contribution is 2.16. The van der Waals surface area contributed by atoms with Crippen LogP contribution in [0.25, 0.3) is 5.69 Å². The first kappa shape index (κ1) is 13.2. The molecule has 0 bridgehead atoms. The van der Waals surface area contributed by atoms with Crippen LogP contribution in [0.2, 0.25) is 0 Å². The number of benzene rings is 1. The van der Waals surface area contributed by atoms with Gasteiger partial charge in [-0.25, -0.2) is 14.5 Å². The van der Waals surface area contributed by atoms with Crippen LogP contribution in [0.3, 0.4) is 0 Å². The topological polar surface area (TPSA) is 83.0 Å². The number of hydrogen-bond donors (Lipinski definition) is 1. The highest BCUT2D eigenvalue weighted by molar-refractivity contribution is 5.84. The van der Waals surface area contributed by atoms with Crippen molar-refractivity contribution < 1.29 is 9.53 Å². The standard InChI is InChI=1S/C13H16N4O2/c1-3-11(14)9-4-6-10(7-5-9)17-8-15-12(16-17)13(18)19-2/h4-8,11H,3,14H2,1-2H3/t11-/m0/s1. The molecule has 2 N–H and O–H groups in total. The van der Waals surface area contributed by atoms with E-state index in [-0.39, 0.29) is 11.9 Å². The Morgan fingerprint density at radius 2 is 2.11 bits per heavy atom. The van der Waals surface area contributed by atoms with Crippen molar-refractivity contribution >= 4 is 5.97 Å². The van der Waals surface area contributed by atoms with Crippen LogP contribution in [-0.2, 0) is 4.74 Å². The molecule has 1 aromatic heterocycles. The number of carbonyl (C=O) groups excluding carboxylic acids is 1. The molecule has 6 nitrogen and oxygen atoms in total. The molecule has 0 aliphatic rings. The molecular formula is C13H16N4O2. The van der Waals surface area contributed by atoms with Crippen molar-refractivity contribution in [1.82, 2.24) is 14.8 Å². The molecule has 1 heterocycles. The maximum atomic E-state index is 11.3. The van der Waals surface area contributed by atoms with Gasteiger partial charge in [-0.3, -0.25) is 0 Å². The highest BCUT2D eigenvalue weighted by Gasteiger charge is 2.12. The van der Waals surface area contributed by atoms with E-state index in [1.807, 2.05) is 31.2 Å². The van der Waals surface area contributed by atoms with Crippen molar-refractivity contribution in [1.29, 1.82) is 0 Å². The minimum atomic E-state index is -0.552. The molecular weight excluding hydrogens is 244 g/mol. The summed E-state index contributed by atoms with van der Waals surface area (Å²) >= 11 is 0. The van der Waals surface area contributed by atoms with Gasteiger partial charge >= 0.3 is 5.97 Å². The van der Waals surface area contributed by atoms with Gasteiger partial charge in [0.2, 0.25) is 0 Å². The minimum Gasteiger partial charge on any atom is -0.463 e. The summed E-state index contributed by atoms with van der Waals surface area (Å²) in [5, 5.41) is 4.05. The van der Waals surface area contributed by atoms with Crippen LogP contribution in [0.5, 0.6) is 0 Å². The zero-order chi connectivity index (χ0) is 13.8. The van der Waals surface area contributed by atoms with Gasteiger partial charge < -0.3 is 10.5 Å². The molecule has 2 aromatic rings. The zero-order valence-electron chi connectivity index (χ0n) is 10.9. The van der Waals surface area contributed by atoms with Crippen LogP contribution in [-0.4, -0.2) is 27.8 Å². The van der Waals surface area contributed by atoms with Crippen LogP contribution >= 0.6 is 0 Å². The van der Waals surface area contributed by atoms with Crippen LogP contribution in [0, 0.1) is 0 Å². The number of nitrogens with two attached hydrogens (primary N) is 1. The fraction of sp³-hybridized carbons (Fsp3) is 0.308. The monoisotopic (exact) mass is 260 g/mol. The quantitative estimate of drug-likeness (QED) is 0.841. The van der Waals surface area contributed by atoms with Crippen molar-refractivity contribution in [2.45, 2.75) is 19.4 Å². The lowest BCUT2D eigenvalue weighted by molar-refractivity contribution is 0.0587. The summed E-state index contributed by atoms with van der Waals surface area (Å²) in [5.74, 6) is -0.514. The van der Waals surface area contributed by atoms with E-state index in [9.17, 15) is 4.79 Å². The Labute approximate surface area is 111 Å². The predicted molar refractivity (Wildman–Crippen MR) is 69.9 cm³/mol. The van der Waals surface area contributed by atoms with Crippen molar-refractivity contribution in [3.05, 3.63) is 42.0 Å². The zero-order valence-corrected chi connectivity index (χ0v) is 10.9. The van der Waals surface area contributed by atoms with Gasteiger partial charge in [0, 0.05) is 6.04 Å². The van der Waals surface area contributed by atoms with E-state index < -0.39 is 5.97 Å². The molecule has 100 valence electrons. The Morgan fingerprint density at radius 1 is 1.42 bits per heavy atom. The Balaban J connectivity index is 2.22. The van der Waals surface area contributed by atoms with Gasteiger partial charge in [0.1, 0.15) is 6.33 Å². The second kappa shape index (κ2) is 5.62. The van der Waals surface area contributed by atoms with Crippen LogP contribution in [0.15, 0.2) is 30.6 Å². The molecule has 0 amide bonds. The smallest absolute Gasteiger partial charge is 0.377 e. The normalized spacial score (nSPS) is 12.2. The Kier molecular flexibility index (Phi) is 3.91. The molecule has 2 rings (SSSR count). The number of carbonyl (C=O) groups is 1. The maximum Gasteiger partial charge on any atom is 0.377 e. The van der Waals surface area contributed by atoms with Crippen molar-refractivity contribution in [3.8, 4) is 5.69 Å². The number of methoxy groups -OCH3 is 1. The second-order valence-electron chi connectivity index (χ2n) is 4.11. The molecule has 0 radical (unpaired) electrons. The molecule has 0 aliphatic heterocycles. The first-order valence-corrected chi connectivity index (χ1v) is 6.01. The third-order valence-corrected chi connectivity index (χ3v) is 2.89. The third kappa shape index (κ3) is 2.79. The molecule has 0 aliphatic carbocycles. The van der Waals surface area contributed by atoms with E-state index in [2.05, 4.69) is 14.8 Å². The summed E-state index contributed by atoms with van der Waals surface area (Å²) in [6.45, 7) is 2.04. The molecule has 1 atom stereocenters. The van der Waals surface area contributed by atoms with Gasteiger partial charge in [0.25, 0.3) is 5.82 Å². The fourth-order valence-corrected chi connectivity index (χ4v) is 1.68. The third-order valence-electron chi connectivity index (χ3n) is 2.89. The molecule has 6 heteroatoms. The molecule has 0 unspecified atom stereocenters. The summed E-state index contributed by atoms with van der Waals surface area (Å²) in [4.78, 5) is 15.2. The van der Waals surface area contributed by atoms with E-state index in [1.54, 1.807) is 0 Å². The Hall–Kier alpha value is -2.21. The van der Waals surface area contributed by atoms with Gasteiger partial charge in [-0.2, -0.15) is 0 Å². The summed E-state index contributed by atoms with van der Waals surface area (Å²) in [6, 6.07) is 7.71. The second-order valence-corrected chi connectivity index (χ2v) is 4.11.